The number of nitrogen functional groups attached to an aromatic ring is 1. The summed E-state index contributed by atoms with van der Waals surface area (Å²) in [4.78, 5) is 4.55. The van der Waals surface area contributed by atoms with Crippen LogP contribution in [0.4, 0.5) is 5.82 Å². The fraction of sp³-hybridized carbons (Fsp3) is 0. The average molecular weight is 351 g/mol. The Bertz CT molecular complexity index is 732. The normalized spacial score (nSPS) is 10.1. The van der Waals surface area contributed by atoms with Gasteiger partial charge in [0.2, 0.25) is 0 Å². The summed E-state index contributed by atoms with van der Waals surface area (Å²) in [5.74, 6) is 6.27. The first-order valence-corrected chi connectivity index (χ1v) is 6.69. The summed E-state index contributed by atoms with van der Waals surface area (Å²) in [7, 11) is 0. The number of aromatic nitrogens is 1. The fourth-order valence-corrected chi connectivity index (χ4v) is 2.47. The molecule has 0 aliphatic rings. The minimum Gasteiger partial charge on any atom is -0.308 e. The van der Waals surface area contributed by atoms with E-state index >= 15 is 0 Å². The Morgan fingerprint density at radius 3 is 2.45 bits per heavy atom. The number of anilines is 1. The van der Waals surface area contributed by atoms with Gasteiger partial charge in [-0.15, -0.1) is 12.4 Å². The third-order valence-electron chi connectivity index (χ3n) is 3.00. The van der Waals surface area contributed by atoms with Gasteiger partial charge in [0.05, 0.1) is 5.52 Å². The lowest BCUT2D eigenvalue weighted by Crippen LogP contribution is -2.10. The molecule has 0 aliphatic carbocycles. The van der Waals surface area contributed by atoms with Crippen LogP contribution < -0.4 is 11.3 Å². The van der Waals surface area contributed by atoms with Gasteiger partial charge in [0.1, 0.15) is 5.82 Å². The van der Waals surface area contributed by atoms with E-state index in [4.69, 9.17) is 5.84 Å². The predicted octanol–water partition coefficient (Wildman–Crippen LogP) is 4.37. The molecule has 0 bridgehead atoms. The number of nitrogens with zero attached hydrogens (tertiary/aromatic N) is 1. The van der Waals surface area contributed by atoms with Crippen molar-refractivity contribution >= 4 is 45.1 Å². The highest BCUT2D eigenvalue weighted by Gasteiger charge is 2.08. The van der Waals surface area contributed by atoms with Crippen LogP contribution in [0.3, 0.4) is 0 Å². The van der Waals surface area contributed by atoms with Crippen molar-refractivity contribution in [3.8, 4) is 11.1 Å². The van der Waals surface area contributed by atoms with Crippen LogP contribution in [0.5, 0.6) is 0 Å². The number of nitrogens with two attached hydrogens (primary N) is 1. The summed E-state index contributed by atoms with van der Waals surface area (Å²) in [6.07, 6.45) is 0. The second kappa shape index (κ2) is 6.22. The molecule has 0 unspecified atom stereocenters. The zero-order valence-corrected chi connectivity index (χ0v) is 12.9. The number of hydrogen-bond donors (Lipinski definition) is 2. The van der Waals surface area contributed by atoms with Crippen molar-refractivity contribution in [2.45, 2.75) is 0 Å². The molecule has 3 aromatic rings. The fourth-order valence-electron chi connectivity index (χ4n) is 2.10. The second-order valence-corrected chi connectivity index (χ2v) is 5.15. The highest BCUT2D eigenvalue weighted by atomic mass is 79.9. The van der Waals surface area contributed by atoms with E-state index in [-0.39, 0.29) is 12.4 Å². The Hall–Kier alpha value is -1.62. The van der Waals surface area contributed by atoms with Crippen molar-refractivity contribution in [2.24, 2.45) is 5.84 Å². The molecule has 0 radical (unpaired) electrons. The van der Waals surface area contributed by atoms with Gasteiger partial charge in [0.15, 0.2) is 0 Å². The summed E-state index contributed by atoms with van der Waals surface area (Å²) in [5.41, 5.74) is 5.67. The molecule has 20 heavy (non-hydrogen) atoms. The van der Waals surface area contributed by atoms with Crippen LogP contribution in [0.15, 0.2) is 59.1 Å². The molecule has 0 saturated heterocycles. The van der Waals surface area contributed by atoms with Gasteiger partial charge >= 0.3 is 0 Å². The van der Waals surface area contributed by atoms with Crippen LogP contribution in [0, 0.1) is 0 Å². The number of nitrogens with one attached hydrogen (secondary N) is 1. The number of rotatable bonds is 2. The Labute approximate surface area is 131 Å². The smallest absolute Gasteiger partial charge is 0.148 e. The van der Waals surface area contributed by atoms with Crippen molar-refractivity contribution < 1.29 is 0 Å². The minimum atomic E-state index is 0. The topological polar surface area (TPSA) is 50.9 Å². The number of hydrazine groups is 1. The van der Waals surface area contributed by atoms with Gasteiger partial charge in [0, 0.05) is 15.4 Å². The van der Waals surface area contributed by atoms with E-state index in [1.807, 2.05) is 42.5 Å². The van der Waals surface area contributed by atoms with Crippen LogP contribution in [-0.2, 0) is 0 Å². The molecular weight excluding hydrogens is 338 g/mol. The summed E-state index contributed by atoms with van der Waals surface area (Å²) in [6, 6.07) is 18.2. The number of fused-ring (bicyclic) bond motifs is 1. The number of benzene rings is 2. The summed E-state index contributed by atoms with van der Waals surface area (Å²) < 4.78 is 1.04. The lowest BCUT2D eigenvalue weighted by Gasteiger charge is -2.10. The second-order valence-electron chi connectivity index (χ2n) is 4.23. The quantitative estimate of drug-likeness (QED) is 0.533. The van der Waals surface area contributed by atoms with E-state index in [1.54, 1.807) is 0 Å². The molecule has 1 aromatic heterocycles. The molecular formula is C15H13BrClN3. The van der Waals surface area contributed by atoms with Gasteiger partial charge in [-0.3, -0.25) is 0 Å². The van der Waals surface area contributed by atoms with Crippen molar-refractivity contribution in [1.82, 2.24) is 4.98 Å². The van der Waals surface area contributed by atoms with Crippen LogP contribution in [0.1, 0.15) is 0 Å². The van der Waals surface area contributed by atoms with E-state index < -0.39 is 0 Å². The zero-order chi connectivity index (χ0) is 13.2. The first-order chi connectivity index (χ1) is 9.28. The van der Waals surface area contributed by atoms with Gasteiger partial charge in [0.25, 0.3) is 0 Å². The molecule has 102 valence electrons. The summed E-state index contributed by atoms with van der Waals surface area (Å²) in [6.45, 7) is 0. The van der Waals surface area contributed by atoms with E-state index in [9.17, 15) is 0 Å². The Morgan fingerprint density at radius 2 is 1.75 bits per heavy atom. The van der Waals surface area contributed by atoms with Crippen LogP contribution in [-0.4, -0.2) is 4.98 Å². The van der Waals surface area contributed by atoms with Gasteiger partial charge in [-0.1, -0.05) is 46.3 Å². The Morgan fingerprint density at radius 1 is 1.00 bits per heavy atom. The monoisotopic (exact) mass is 349 g/mol. The van der Waals surface area contributed by atoms with Crippen LogP contribution in [0.25, 0.3) is 22.0 Å². The Balaban J connectivity index is 0.00000147. The van der Waals surface area contributed by atoms with E-state index in [2.05, 4.69) is 38.5 Å². The third kappa shape index (κ3) is 2.77. The van der Waals surface area contributed by atoms with Gasteiger partial charge in [-0.25, -0.2) is 10.8 Å². The summed E-state index contributed by atoms with van der Waals surface area (Å²) in [5, 5.41) is 1.08. The van der Waals surface area contributed by atoms with Crippen LogP contribution >= 0.6 is 28.3 Å². The maximum atomic E-state index is 5.59. The molecule has 0 saturated carbocycles. The molecule has 3 rings (SSSR count). The minimum absolute atomic E-state index is 0. The van der Waals surface area contributed by atoms with Crippen molar-refractivity contribution in [2.75, 3.05) is 5.43 Å². The van der Waals surface area contributed by atoms with Crippen LogP contribution in [0.2, 0.25) is 0 Å². The number of pyridine rings is 1. The molecule has 2 aromatic carbocycles. The van der Waals surface area contributed by atoms with Crippen molar-refractivity contribution in [3.63, 3.8) is 0 Å². The highest BCUT2D eigenvalue weighted by molar-refractivity contribution is 9.10. The Kier molecular flexibility index (Phi) is 4.60. The van der Waals surface area contributed by atoms with E-state index in [1.165, 1.54) is 0 Å². The molecule has 0 amide bonds. The third-order valence-corrected chi connectivity index (χ3v) is 3.49. The van der Waals surface area contributed by atoms with E-state index in [0.29, 0.717) is 5.82 Å². The van der Waals surface area contributed by atoms with Gasteiger partial charge in [-0.05, 0) is 29.8 Å². The molecule has 3 nitrogen and oxygen atoms in total. The maximum Gasteiger partial charge on any atom is 0.148 e. The number of hydrogen-bond acceptors (Lipinski definition) is 3. The van der Waals surface area contributed by atoms with Gasteiger partial charge in [-0.2, -0.15) is 0 Å². The van der Waals surface area contributed by atoms with Crippen molar-refractivity contribution in [3.05, 3.63) is 59.1 Å². The van der Waals surface area contributed by atoms with Gasteiger partial charge < -0.3 is 5.43 Å². The number of halogens is 2. The molecule has 5 heteroatoms. The molecule has 0 fully saturated rings. The molecule has 0 aliphatic heterocycles. The maximum absolute atomic E-state index is 5.59. The zero-order valence-electron chi connectivity index (χ0n) is 10.5. The highest BCUT2D eigenvalue weighted by Crippen LogP contribution is 2.30. The molecule has 0 spiro atoms. The average Bonchev–Trinajstić information content (AvgIpc) is 2.46. The first-order valence-electron chi connectivity index (χ1n) is 5.90. The molecule has 1 heterocycles. The first kappa shape index (κ1) is 14.8. The SMILES string of the molecule is Cl.NNc1nc2ccc(Br)cc2cc1-c1ccccc1. The molecule has 0 atom stereocenters. The lowest BCUT2D eigenvalue weighted by molar-refractivity contribution is 1.26. The summed E-state index contributed by atoms with van der Waals surface area (Å²) >= 11 is 3.48. The van der Waals surface area contributed by atoms with E-state index in [0.717, 1.165) is 26.5 Å². The lowest BCUT2D eigenvalue weighted by atomic mass is 10.0. The predicted molar refractivity (Wildman–Crippen MR) is 89.9 cm³/mol. The largest absolute Gasteiger partial charge is 0.308 e. The van der Waals surface area contributed by atoms with Crippen molar-refractivity contribution in [1.29, 1.82) is 0 Å². The standard InChI is InChI=1S/C15H12BrN3.ClH/c16-12-6-7-14-11(8-12)9-13(15(18-14)19-17)10-4-2-1-3-5-10;/h1-9H,17H2,(H,18,19);1H. The molecule has 3 N–H and O–H groups in total.